The van der Waals surface area contributed by atoms with Crippen molar-refractivity contribution in [3.05, 3.63) is 29.5 Å². The summed E-state index contributed by atoms with van der Waals surface area (Å²) in [4.78, 5) is 22.5. The van der Waals surface area contributed by atoms with E-state index in [1.807, 2.05) is 18.2 Å². The van der Waals surface area contributed by atoms with Crippen molar-refractivity contribution >= 4 is 18.5 Å². The number of fused-ring (bicyclic) bond motifs is 1. The first-order valence-electron chi connectivity index (χ1n) is 5.00. The molecule has 0 aromatic heterocycles. The molecule has 1 aliphatic carbocycles. The summed E-state index contributed by atoms with van der Waals surface area (Å²) in [6.07, 6.45) is 6.87. The SMILES string of the molecule is O=C1C[C+]2CC(=O)O[B-]2(C2=CC=CC2)O1. The maximum Gasteiger partial charge on any atom is 0.585 e. The van der Waals surface area contributed by atoms with E-state index >= 15 is 0 Å². The fraction of sp³-hybridized carbons (Fsp3) is 0.300. The van der Waals surface area contributed by atoms with Crippen molar-refractivity contribution < 1.29 is 18.9 Å². The average molecular weight is 204 g/mol. The van der Waals surface area contributed by atoms with Crippen molar-refractivity contribution in [2.45, 2.75) is 19.3 Å². The Bertz CT molecular complexity index is 390. The average Bonchev–Trinajstić information content (AvgIpc) is 2.77. The van der Waals surface area contributed by atoms with Gasteiger partial charge in [0.15, 0.2) is 0 Å². The van der Waals surface area contributed by atoms with Crippen molar-refractivity contribution in [2.75, 3.05) is 0 Å². The Hall–Kier alpha value is -1.65. The number of carbonyl (C=O) groups excluding carboxylic acids is 2. The lowest BCUT2D eigenvalue weighted by Gasteiger charge is -2.25. The second-order valence-corrected chi connectivity index (χ2v) is 4.08. The molecule has 0 aromatic carbocycles. The van der Waals surface area contributed by atoms with Gasteiger partial charge in [0.1, 0.15) is 12.8 Å². The third kappa shape index (κ3) is 1.06. The van der Waals surface area contributed by atoms with Crippen LogP contribution in [0.2, 0.25) is 0 Å². The van der Waals surface area contributed by atoms with Gasteiger partial charge in [-0.25, -0.2) is 0 Å². The molecule has 0 amide bonds. The predicted molar refractivity (Wildman–Crippen MR) is 52.3 cm³/mol. The van der Waals surface area contributed by atoms with E-state index in [2.05, 4.69) is 0 Å². The first kappa shape index (κ1) is 8.65. The van der Waals surface area contributed by atoms with E-state index in [0.717, 1.165) is 11.3 Å². The van der Waals surface area contributed by atoms with Crippen molar-refractivity contribution in [3.8, 4) is 0 Å². The monoisotopic (exact) mass is 204 g/mol. The van der Waals surface area contributed by atoms with Gasteiger partial charge in [-0.1, -0.05) is 23.7 Å². The van der Waals surface area contributed by atoms with Crippen molar-refractivity contribution in [1.29, 1.82) is 0 Å². The van der Waals surface area contributed by atoms with E-state index in [4.69, 9.17) is 9.31 Å². The molecule has 76 valence electrons. The number of allylic oxidation sites excluding steroid dienone is 4. The molecule has 0 N–H and O–H groups in total. The van der Waals surface area contributed by atoms with Gasteiger partial charge in [-0.2, -0.15) is 0 Å². The van der Waals surface area contributed by atoms with Crippen LogP contribution in [-0.2, 0) is 18.9 Å². The van der Waals surface area contributed by atoms with Crippen molar-refractivity contribution in [1.82, 2.24) is 0 Å². The minimum absolute atomic E-state index is 0.225. The van der Waals surface area contributed by atoms with Crippen LogP contribution in [0.1, 0.15) is 19.3 Å². The summed E-state index contributed by atoms with van der Waals surface area (Å²) < 4.78 is 10.5. The smallest absolute Gasteiger partial charge is 0.585 e. The summed E-state index contributed by atoms with van der Waals surface area (Å²) in [5, 5.41) is 0. The third-order valence-electron chi connectivity index (χ3n) is 3.16. The van der Waals surface area contributed by atoms with Gasteiger partial charge in [0, 0.05) is 5.82 Å². The summed E-state index contributed by atoms with van der Waals surface area (Å²) in [5.41, 5.74) is 0.904. The minimum Gasteiger partial charge on any atom is -0.610 e. The van der Waals surface area contributed by atoms with Gasteiger partial charge >= 0.3 is 18.5 Å². The molecule has 2 heterocycles. The zero-order valence-corrected chi connectivity index (χ0v) is 8.06. The summed E-state index contributed by atoms with van der Waals surface area (Å²) in [7, 11) is 0. The Kier molecular flexibility index (Phi) is 1.55. The largest absolute Gasteiger partial charge is 0.610 e. The molecule has 0 bridgehead atoms. The molecular formula is C10H9BO4. The number of hydrogen-bond donors (Lipinski definition) is 0. The highest BCUT2D eigenvalue weighted by atomic mass is 16.7. The summed E-state index contributed by atoms with van der Waals surface area (Å²) in [6.45, 7) is -1.88. The highest BCUT2D eigenvalue weighted by molar-refractivity contribution is 6.86. The lowest BCUT2D eigenvalue weighted by atomic mass is 9.43. The molecule has 2 aliphatic heterocycles. The molecule has 4 nitrogen and oxygen atoms in total. The van der Waals surface area contributed by atoms with E-state index in [1.165, 1.54) is 0 Å². The highest BCUT2D eigenvalue weighted by Gasteiger charge is 2.66. The van der Waals surface area contributed by atoms with Crippen LogP contribution >= 0.6 is 0 Å². The maximum absolute atomic E-state index is 11.3. The van der Waals surface area contributed by atoms with Gasteiger partial charge in [0.05, 0.1) is 0 Å². The van der Waals surface area contributed by atoms with Crippen molar-refractivity contribution in [3.63, 3.8) is 0 Å². The van der Waals surface area contributed by atoms with E-state index < -0.39 is 6.55 Å². The Morgan fingerprint density at radius 3 is 2.40 bits per heavy atom. The van der Waals surface area contributed by atoms with Gasteiger partial charge < -0.3 is 9.31 Å². The Balaban J connectivity index is 2.00. The summed E-state index contributed by atoms with van der Waals surface area (Å²) in [6, 6.07) is 0. The molecule has 3 aliphatic rings. The molecule has 0 spiro atoms. The van der Waals surface area contributed by atoms with Gasteiger partial charge in [-0.05, 0) is 6.42 Å². The third-order valence-corrected chi connectivity index (χ3v) is 3.16. The van der Waals surface area contributed by atoms with Crippen LogP contribution in [0, 0.1) is 5.82 Å². The Labute approximate surface area is 86.9 Å². The van der Waals surface area contributed by atoms with Crippen molar-refractivity contribution in [2.24, 2.45) is 0 Å². The minimum atomic E-state index is -1.88. The van der Waals surface area contributed by atoms with Crippen LogP contribution in [0.25, 0.3) is 0 Å². The fourth-order valence-corrected chi connectivity index (χ4v) is 2.51. The second-order valence-electron chi connectivity index (χ2n) is 4.08. The van der Waals surface area contributed by atoms with Crippen LogP contribution in [0.15, 0.2) is 23.7 Å². The van der Waals surface area contributed by atoms with E-state index in [0.29, 0.717) is 6.42 Å². The zero-order valence-electron chi connectivity index (χ0n) is 8.06. The van der Waals surface area contributed by atoms with Crippen LogP contribution < -0.4 is 0 Å². The van der Waals surface area contributed by atoms with Crippen LogP contribution in [0.4, 0.5) is 0 Å². The Morgan fingerprint density at radius 1 is 1.20 bits per heavy atom. The van der Waals surface area contributed by atoms with Gasteiger partial charge in [-0.3, -0.25) is 9.59 Å². The fourth-order valence-electron chi connectivity index (χ4n) is 2.51. The predicted octanol–water partition coefficient (Wildman–Crippen LogP) is 0.862. The molecule has 2 fully saturated rings. The number of rotatable bonds is 1. The van der Waals surface area contributed by atoms with E-state index in [9.17, 15) is 9.59 Å². The zero-order chi connectivity index (χ0) is 10.5. The molecular weight excluding hydrogens is 195 g/mol. The lowest BCUT2D eigenvalue weighted by Crippen LogP contribution is -2.42. The first-order valence-corrected chi connectivity index (χ1v) is 5.00. The van der Waals surface area contributed by atoms with E-state index in [1.54, 1.807) is 0 Å². The Morgan fingerprint density at radius 2 is 1.87 bits per heavy atom. The standard InChI is InChI=1S/C10H9BO4/c12-9-5-8-6-10(13)15-11(8,14-9)7-3-1-2-4-7/h1-3H,4-6H2. The molecule has 0 unspecified atom stereocenters. The normalized spacial score (nSPS) is 26.4. The van der Waals surface area contributed by atoms with Crippen LogP contribution in [0.5, 0.6) is 0 Å². The summed E-state index contributed by atoms with van der Waals surface area (Å²) in [5.74, 6) is 0.232. The highest BCUT2D eigenvalue weighted by Crippen LogP contribution is 2.46. The molecule has 15 heavy (non-hydrogen) atoms. The van der Waals surface area contributed by atoms with Gasteiger partial charge in [0.25, 0.3) is 0 Å². The second kappa shape index (κ2) is 2.69. The van der Waals surface area contributed by atoms with Gasteiger partial charge in [-0.15, -0.1) is 0 Å². The summed E-state index contributed by atoms with van der Waals surface area (Å²) >= 11 is 0. The molecule has 0 aromatic rings. The van der Waals surface area contributed by atoms with Crippen LogP contribution in [-0.4, -0.2) is 18.5 Å². The molecule has 0 saturated carbocycles. The topological polar surface area (TPSA) is 52.6 Å². The quantitative estimate of drug-likeness (QED) is 0.469. The first-order chi connectivity index (χ1) is 7.21. The molecule has 0 radical (unpaired) electrons. The van der Waals surface area contributed by atoms with E-state index in [-0.39, 0.29) is 24.8 Å². The molecule has 0 atom stereocenters. The lowest BCUT2D eigenvalue weighted by molar-refractivity contribution is -0.138. The maximum atomic E-state index is 11.3. The van der Waals surface area contributed by atoms with Crippen LogP contribution in [0.3, 0.4) is 0 Å². The number of carbonyl (C=O) groups is 2. The molecule has 5 heteroatoms. The van der Waals surface area contributed by atoms with Gasteiger partial charge in [0.2, 0.25) is 0 Å². The number of hydrogen-bond acceptors (Lipinski definition) is 4. The molecule has 2 saturated heterocycles. The molecule has 3 rings (SSSR count).